The van der Waals surface area contributed by atoms with Crippen molar-refractivity contribution in [3.8, 4) is 0 Å². The predicted octanol–water partition coefficient (Wildman–Crippen LogP) is 1.94. The van der Waals surface area contributed by atoms with E-state index in [9.17, 15) is 13.2 Å². The Labute approximate surface area is 109 Å². The minimum Gasteiger partial charge on any atom is -0.383 e. The van der Waals surface area contributed by atoms with Crippen LogP contribution in [0.1, 0.15) is 19.5 Å². The lowest BCUT2D eigenvalue weighted by atomic mass is 10.2. The van der Waals surface area contributed by atoms with Gasteiger partial charge in [-0.2, -0.15) is 18.2 Å². The van der Waals surface area contributed by atoms with E-state index in [-0.39, 0.29) is 11.9 Å². The van der Waals surface area contributed by atoms with Crippen LogP contribution in [0.5, 0.6) is 0 Å². The summed E-state index contributed by atoms with van der Waals surface area (Å²) in [4.78, 5) is 8.75. The average Bonchev–Trinajstić information content (AvgIpc) is 2.28. The number of ether oxygens (including phenoxy) is 1. The van der Waals surface area contributed by atoms with E-state index in [1.807, 2.05) is 13.8 Å². The number of methoxy groups -OCH3 is 1. The van der Waals surface area contributed by atoms with E-state index in [0.717, 1.165) is 6.07 Å². The van der Waals surface area contributed by atoms with Gasteiger partial charge in [-0.1, -0.05) is 0 Å². The van der Waals surface area contributed by atoms with Crippen LogP contribution in [0.3, 0.4) is 0 Å². The van der Waals surface area contributed by atoms with Crippen LogP contribution in [0.2, 0.25) is 0 Å². The van der Waals surface area contributed by atoms with Crippen LogP contribution in [-0.2, 0) is 10.9 Å². The van der Waals surface area contributed by atoms with Gasteiger partial charge in [0, 0.05) is 19.7 Å². The molecule has 0 saturated carbocycles. The Morgan fingerprint density at radius 1 is 1.42 bits per heavy atom. The summed E-state index contributed by atoms with van der Waals surface area (Å²) in [6.45, 7) is 4.51. The fourth-order valence-corrected chi connectivity index (χ4v) is 1.78. The molecule has 0 saturated heterocycles. The molecule has 19 heavy (non-hydrogen) atoms. The Hall–Kier alpha value is -1.57. The molecule has 0 aliphatic heterocycles. The summed E-state index contributed by atoms with van der Waals surface area (Å²) in [6.07, 6.45) is -4.55. The highest BCUT2D eigenvalue weighted by atomic mass is 19.4. The molecule has 0 fully saturated rings. The van der Waals surface area contributed by atoms with Crippen LogP contribution in [0.15, 0.2) is 6.07 Å². The van der Waals surface area contributed by atoms with Gasteiger partial charge in [0.1, 0.15) is 5.82 Å². The zero-order chi connectivity index (χ0) is 14.6. The topological polar surface area (TPSA) is 64.3 Å². The molecule has 0 spiro atoms. The van der Waals surface area contributed by atoms with E-state index in [1.165, 1.54) is 7.11 Å². The number of hydrogen-bond acceptors (Lipinski definition) is 5. The number of rotatable bonds is 5. The first-order valence-corrected chi connectivity index (χ1v) is 5.77. The van der Waals surface area contributed by atoms with E-state index in [0.29, 0.717) is 13.2 Å². The maximum Gasteiger partial charge on any atom is 0.433 e. The fourth-order valence-electron chi connectivity index (χ4n) is 1.78. The zero-order valence-corrected chi connectivity index (χ0v) is 11.0. The van der Waals surface area contributed by atoms with Gasteiger partial charge in [0.25, 0.3) is 0 Å². The second kappa shape index (κ2) is 6.05. The van der Waals surface area contributed by atoms with E-state index in [2.05, 4.69) is 9.97 Å². The standard InChI is InChI=1S/C11H17F3N4O/c1-4-18(7(2)6-19-3)9-5-8(11(12,13)14)16-10(15)17-9/h5,7H,4,6H2,1-3H3,(H2,15,16,17). The van der Waals surface area contributed by atoms with Crippen LogP contribution in [0.25, 0.3) is 0 Å². The highest BCUT2D eigenvalue weighted by Crippen LogP contribution is 2.30. The van der Waals surface area contributed by atoms with Crippen molar-refractivity contribution in [1.29, 1.82) is 0 Å². The summed E-state index contributed by atoms with van der Waals surface area (Å²) in [7, 11) is 1.53. The van der Waals surface area contributed by atoms with Crippen molar-refractivity contribution in [1.82, 2.24) is 9.97 Å². The molecule has 1 aromatic rings. The number of nitrogen functional groups attached to an aromatic ring is 1. The molecule has 1 unspecified atom stereocenters. The number of hydrogen-bond donors (Lipinski definition) is 1. The third kappa shape index (κ3) is 3.95. The molecule has 1 rings (SSSR count). The highest BCUT2D eigenvalue weighted by Gasteiger charge is 2.34. The molecule has 8 heteroatoms. The van der Waals surface area contributed by atoms with Gasteiger partial charge < -0.3 is 15.4 Å². The summed E-state index contributed by atoms with van der Waals surface area (Å²) in [6, 6.07) is 0.775. The van der Waals surface area contributed by atoms with E-state index < -0.39 is 17.8 Å². The summed E-state index contributed by atoms with van der Waals surface area (Å²) in [5.41, 5.74) is 4.30. The molecule has 0 amide bonds. The maximum absolute atomic E-state index is 12.7. The van der Waals surface area contributed by atoms with Crippen molar-refractivity contribution < 1.29 is 17.9 Å². The molecule has 108 valence electrons. The number of likely N-dealkylation sites (N-methyl/N-ethyl adjacent to an activating group) is 1. The first kappa shape index (κ1) is 15.5. The lowest BCUT2D eigenvalue weighted by molar-refractivity contribution is -0.141. The molecule has 1 aromatic heterocycles. The maximum atomic E-state index is 12.7. The van der Waals surface area contributed by atoms with Crippen molar-refractivity contribution in [3.05, 3.63) is 11.8 Å². The Kier molecular flexibility index (Phi) is 4.93. The van der Waals surface area contributed by atoms with Crippen LogP contribution < -0.4 is 10.6 Å². The molecule has 2 N–H and O–H groups in total. The Bertz CT molecular complexity index is 425. The normalized spacial score (nSPS) is 13.4. The van der Waals surface area contributed by atoms with Gasteiger partial charge in [0.2, 0.25) is 5.95 Å². The van der Waals surface area contributed by atoms with Gasteiger partial charge in [-0.25, -0.2) is 4.98 Å². The quantitative estimate of drug-likeness (QED) is 0.891. The van der Waals surface area contributed by atoms with Crippen molar-refractivity contribution in [2.45, 2.75) is 26.1 Å². The van der Waals surface area contributed by atoms with Crippen molar-refractivity contribution in [2.24, 2.45) is 0 Å². The van der Waals surface area contributed by atoms with Crippen molar-refractivity contribution in [3.63, 3.8) is 0 Å². The lowest BCUT2D eigenvalue weighted by Gasteiger charge is -2.29. The van der Waals surface area contributed by atoms with Gasteiger partial charge in [-0.15, -0.1) is 0 Å². The van der Waals surface area contributed by atoms with E-state index >= 15 is 0 Å². The van der Waals surface area contributed by atoms with E-state index in [4.69, 9.17) is 10.5 Å². The SMILES string of the molecule is CCN(c1cc(C(F)(F)F)nc(N)n1)C(C)COC. The van der Waals surface area contributed by atoms with Gasteiger partial charge in [0.15, 0.2) is 5.69 Å². The van der Waals surface area contributed by atoms with Crippen LogP contribution in [0.4, 0.5) is 24.9 Å². The number of alkyl halides is 3. The van der Waals surface area contributed by atoms with Crippen molar-refractivity contribution in [2.75, 3.05) is 30.9 Å². The minimum atomic E-state index is -4.55. The van der Waals surface area contributed by atoms with Crippen LogP contribution in [-0.4, -0.2) is 36.3 Å². The Morgan fingerprint density at radius 2 is 2.05 bits per heavy atom. The molecule has 0 aromatic carbocycles. The molecule has 0 radical (unpaired) electrons. The molecule has 0 bridgehead atoms. The molecular formula is C11H17F3N4O. The van der Waals surface area contributed by atoms with Gasteiger partial charge in [0.05, 0.1) is 12.6 Å². The molecule has 1 atom stereocenters. The highest BCUT2D eigenvalue weighted by molar-refractivity contribution is 5.45. The first-order valence-electron chi connectivity index (χ1n) is 5.77. The van der Waals surface area contributed by atoms with Gasteiger partial charge in [-0.05, 0) is 13.8 Å². The first-order chi connectivity index (χ1) is 8.79. The second-order valence-electron chi connectivity index (χ2n) is 4.06. The van der Waals surface area contributed by atoms with Crippen LogP contribution >= 0.6 is 0 Å². The molecule has 5 nitrogen and oxygen atoms in total. The second-order valence-corrected chi connectivity index (χ2v) is 4.06. The number of anilines is 2. The van der Waals surface area contributed by atoms with E-state index in [1.54, 1.807) is 4.90 Å². The predicted molar refractivity (Wildman–Crippen MR) is 65.8 cm³/mol. The monoisotopic (exact) mass is 278 g/mol. The minimum absolute atomic E-state index is 0.120. The van der Waals surface area contributed by atoms with Crippen LogP contribution in [0, 0.1) is 0 Å². The summed E-state index contributed by atoms with van der Waals surface area (Å²) in [5.74, 6) is -0.250. The van der Waals surface area contributed by atoms with Gasteiger partial charge >= 0.3 is 6.18 Å². The molecular weight excluding hydrogens is 261 g/mol. The lowest BCUT2D eigenvalue weighted by Crippen LogP contribution is -2.37. The Morgan fingerprint density at radius 3 is 2.53 bits per heavy atom. The van der Waals surface area contributed by atoms with Crippen molar-refractivity contribution >= 4 is 11.8 Å². The zero-order valence-electron chi connectivity index (χ0n) is 11.0. The Balaban J connectivity index is 3.14. The van der Waals surface area contributed by atoms with Gasteiger partial charge in [-0.3, -0.25) is 0 Å². The third-order valence-corrected chi connectivity index (χ3v) is 2.60. The average molecular weight is 278 g/mol. The number of nitrogens with two attached hydrogens (primary N) is 1. The number of aromatic nitrogens is 2. The largest absolute Gasteiger partial charge is 0.433 e. The molecule has 1 heterocycles. The smallest absolute Gasteiger partial charge is 0.383 e. The summed E-state index contributed by atoms with van der Waals surface area (Å²) >= 11 is 0. The third-order valence-electron chi connectivity index (χ3n) is 2.60. The number of nitrogens with zero attached hydrogens (tertiary/aromatic N) is 3. The fraction of sp³-hybridized carbons (Fsp3) is 0.636. The molecule has 0 aliphatic carbocycles. The molecule has 0 aliphatic rings. The summed E-state index contributed by atoms with van der Waals surface area (Å²) in [5, 5.41) is 0. The number of halogens is 3. The summed E-state index contributed by atoms with van der Waals surface area (Å²) < 4.78 is 43.0.